The lowest BCUT2D eigenvalue weighted by atomic mass is 10.1. The van der Waals surface area contributed by atoms with Crippen LogP contribution in [0.3, 0.4) is 0 Å². The van der Waals surface area contributed by atoms with E-state index in [2.05, 4.69) is 21.2 Å². The average molecular weight is 532 g/mol. The molecule has 1 saturated heterocycles. The molecule has 2 aromatic rings. The molecule has 3 rings (SSSR count). The van der Waals surface area contributed by atoms with Gasteiger partial charge in [-0.1, -0.05) is 0 Å². The van der Waals surface area contributed by atoms with Crippen molar-refractivity contribution in [3.8, 4) is 17.2 Å². The standard InChI is InChI=1S/C23H22BrN3O7/c1-3-32-15-7-5-14(6-8-15)27-22(30)16(21(29)26-23(27)31)9-13-10-17(24)20(34-12-19(25)28)18(11-13)33-4-2/h5-11H,3-4,12H2,1-2H3,(H2,25,28)(H,26,29,31)/b16-9+. The highest BCUT2D eigenvalue weighted by Crippen LogP contribution is 2.38. The Bertz CT molecular complexity index is 1160. The Morgan fingerprint density at radius 1 is 1.06 bits per heavy atom. The van der Waals surface area contributed by atoms with Gasteiger partial charge in [-0.3, -0.25) is 19.7 Å². The predicted molar refractivity (Wildman–Crippen MR) is 127 cm³/mol. The highest BCUT2D eigenvalue weighted by molar-refractivity contribution is 9.10. The number of carbonyl (C=O) groups is 4. The van der Waals surface area contributed by atoms with Crippen molar-refractivity contribution in [2.24, 2.45) is 5.73 Å². The van der Waals surface area contributed by atoms with Gasteiger partial charge in [-0.05, 0) is 77.8 Å². The van der Waals surface area contributed by atoms with Crippen LogP contribution in [0.15, 0.2) is 46.4 Å². The molecule has 0 unspecified atom stereocenters. The molecule has 1 aliphatic rings. The minimum absolute atomic E-state index is 0.244. The van der Waals surface area contributed by atoms with Crippen LogP contribution in [0.1, 0.15) is 19.4 Å². The summed E-state index contributed by atoms with van der Waals surface area (Å²) >= 11 is 3.34. The summed E-state index contributed by atoms with van der Waals surface area (Å²) in [5.41, 5.74) is 5.58. The summed E-state index contributed by atoms with van der Waals surface area (Å²) in [7, 11) is 0. The van der Waals surface area contributed by atoms with Gasteiger partial charge in [-0.2, -0.15) is 0 Å². The molecule has 1 fully saturated rings. The lowest BCUT2D eigenvalue weighted by molar-refractivity contribution is -0.123. The zero-order chi connectivity index (χ0) is 24.8. The summed E-state index contributed by atoms with van der Waals surface area (Å²) in [5.74, 6) is -1.19. The number of nitrogens with two attached hydrogens (primary N) is 1. The van der Waals surface area contributed by atoms with Gasteiger partial charge in [0.05, 0.1) is 23.4 Å². The number of amides is 5. The summed E-state index contributed by atoms with van der Waals surface area (Å²) < 4.78 is 16.8. The molecule has 5 amide bonds. The topological polar surface area (TPSA) is 137 Å². The third kappa shape index (κ3) is 5.54. The lowest BCUT2D eigenvalue weighted by Crippen LogP contribution is -2.54. The second-order valence-electron chi connectivity index (χ2n) is 6.90. The van der Waals surface area contributed by atoms with Crippen molar-refractivity contribution >= 4 is 51.4 Å². The second-order valence-corrected chi connectivity index (χ2v) is 7.76. The number of anilines is 1. The van der Waals surface area contributed by atoms with E-state index in [-0.39, 0.29) is 29.4 Å². The summed E-state index contributed by atoms with van der Waals surface area (Å²) in [5, 5.41) is 2.18. The highest BCUT2D eigenvalue weighted by Gasteiger charge is 2.37. The Hall–Kier alpha value is -3.86. The zero-order valence-electron chi connectivity index (χ0n) is 18.4. The molecule has 2 aromatic carbocycles. The number of nitrogens with zero attached hydrogens (tertiary/aromatic N) is 1. The molecule has 178 valence electrons. The minimum Gasteiger partial charge on any atom is -0.494 e. The third-order valence-electron chi connectivity index (χ3n) is 4.51. The van der Waals surface area contributed by atoms with Crippen molar-refractivity contribution in [1.82, 2.24) is 5.32 Å². The second kappa shape index (κ2) is 10.8. The molecular formula is C23H22BrN3O7. The third-order valence-corrected chi connectivity index (χ3v) is 5.10. The van der Waals surface area contributed by atoms with Crippen LogP contribution >= 0.6 is 15.9 Å². The van der Waals surface area contributed by atoms with Crippen LogP contribution in [0.2, 0.25) is 0 Å². The molecule has 34 heavy (non-hydrogen) atoms. The molecule has 0 bridgehead atoms. The molecule has 0 saturated carbocycles. The van der Waals surface area contributed by atoms with Crippen molar-refractivity contribution in [2.45, 2.75) is 13.8 Å². The van der Waals surface area contributed by atoms with Gasteiger partial charge >= 0.3 is 6.03 Å². The van der Waals surface area contributed by atoms with E-state index in [0.29, 0.717) is 29.0 Å². The van der Waals surface area contributed by atoms with Gasteiger partial charge in [-0.15, -0.1) is 0 Å². The largest absolute Gasteiger partial charge is 0.494 e. The normalized spacial score (nSPS) is 14.7. The van der Waals surface area contributed by atoms with E-state index >= 15 is 0 Å². The van der Waals surface area contributed by atoms with Crippen LogP contribution in [-0.2, 0) is 14.4 Å². The van der Waals surface area contributed by atoms with E-state index in [4.69, 9.17) is 19.9 Å². The van der Waals surface area contributed by atoms with Crippen molar-refractivity contribution in [2.75, 3.05) is 24.7 Å². The molecule has 0 aliphatic carbocycles. The molecular weight excluding hydrogens is 510 g/mol. The molecule has 1 aliphatic heterocycles. The number of barbiturate groups is 1. The van der Waals surface area contributed by atoms with Crippen molar-refractivity contribution in [3.05, 3.63) is 52.0 Å². The van der Waals surface area contributed by atoms with Crippen LogP contribution in [0.4, 0.5) is 10.5 Å². The van der Waals surface area contributed by atoms with Gasteiger partial charge in [0.1, 0.15) is 11.3 Å². The summed E-state index contributed by atoms with van der Waals surface area (Å²) in [6.45, 7) is 3.99. The minimum atomic E-state index is -0.859. The van der Waals surface area contributed by atoms with E-state index in [1.807, 2.05) is 6.92 Å². The van der Waals surface area contributed by atoms with E-state index in [0.717, 1.165) is 4.90 Å². The first kappa shape index (κ1) is 24.8. The zero-order valence-corrected chi connectivity index (χ0v) is 20.0. The summed E-state index contributed by atoms with van der Waals surface area (Å²) in [6, 6.07) is 8.59. The molecule has 0 aromatic heterocycles. The average Bonchev–Trinajstić information content (AvgIpc) is 2.77. The predicted octanol–water partition coefficient (Wildman–Crippen LogP) is 2.78. The van der Waals surface area contributed by atoms with E-state index in [1.54, 1.807) is 37.3 Å². The lowest BCUT2D eigenvalue weighted by Gasteiger charge is -2.26. The number of ether oxygens (including phenoxy) is 3. The smallest absolute Gasteiger partial charge is 0.335 e. The van der Waals surface area contributed by atoms with Crippen molar-refractivity contribution < 1.29 is 33.4 Å². The van der Waals surface area contributed by atoms with Gasteiger partial charge in [0.15, 0.2) is 18.1 Å². The SMILES string of the molecule is CCOc1ccc(N2C(=O)NC(=O)/C(=C\c3cc(Br)c(OCC(N)=O)c(OCC)c3)C2=O)cc1. The van der Waals surface area contributed by atoms with E-state index in [1.165, 1.54) is 12.1 Å². The number of halogens is 1. The Kier molecular flexibility index (Phi) is 7.90. The number of carbonyl (C=O) groups excluding carboxylic acids is 4. The quantitative estimate of drug-likeness (QED) is 0.374. The number of imide groups is 2. The van der Waals surface area contributed by atoms with Crippen LogP contribution < -0.4 is 30.2 Å². The molecule has 0 spiro atoms. The van der Waals surface area contributed by atoms with Gasteiger partial charge in [0.25, 0.3) is 17.7 Å². The first-order valence-corrected chi connectivity index (χ1v) is 11.1. The number of hydrogen-bond donors (Lipinski definition) is 2. The van der Waals surface area contributed by atoms with Gasteiger partial charge in [0.2, 0.25) is 0 Å². The Morgan fingerprint density at radius 3 is 2.35 bits per heavy atom. The van der Waals surface area contributed by atoms with Gasteiger partial charge < -0.3 is 19.9 Å². The fourth-order valence-electron chi connectivity index (χ4n) is 3.13. The molecule has 11 heteroatoms. The maximum Gasteiger partial charge on any atom is 0.335 e. The maximum atomic E-state index is 13.1. The van der Waals surface area contributed by atoms with Crippen LogP contribution in [0.5, 0.6) is 17.2 Å². The van der Waals surface area contributed by atoms with E-state index in [9.17, 15) is 19.2 Å². The summed E-state index contributed by atoms with van der Waals surface area (Å²) in [4.78, 5) is 50.0. The van der Waals surface area contributed by atoms with Gasteiger partial charge in [0, 0.05) is 0 Å². The first-order valence-electron chi connectivity index (χ1n) is 10.3. The van der Waals surface area contributed by atoms with E-state index < -0.39 is 23.8 Å². The molecule has 0 atom stereocenters. The number of nitrogens with one attached hydrogen (secondary N) is 1. The molecule has 1 heterocycles. The Morgan fingerprint density at radius 2 is 1.74 bits per heavy atom. The summed E-state index contributed by atoms with van der Waals surface area (Å²) in [6.07, 6.45) is 1.33. The van der Waals surface area contributed by atoms with Gasteiger partial charge in [-0.25, -0.2) is 9.69 Å². The number of hydrogen-bond acceptors (Lipinski definition) is 7. The van der Waals surface area contributed by atoms with Crippen molar-refractivity contribution in [1.29, 1.82) is 0 Å². The van der Waals surface area contributed by atoms with Crippen LogP contribution in [0.25, 0.3) is 6.08 Å². The number of urea groups is 1. The molecule has 10 nitrogen and oxygen atoms in total. The Labute approximate surface area is 203 Å². The highest BCUT2D eigenvalue weighted by atomic mass is 79.9. The fraction of sp³-hybridized carbons (Fsp3) is 0.217. The monoisotopic (exact) mass is 531 g/mol. The Balaban J connectivity index is 1.97. The number of benzene rings is 2. The molecule has 0 radical (unpaired) electrons. The first-order chi connectivity index (χ1) is 16.2. The van der Waals surface area contributed by atoms with Crippen molar-refractivity contribution in [3.63, 3.8) is 0 Å². The molecule has 3 N–H and O–H groups in total. The number of rotatable bonds is 9. The van der Waals surface area contributed by atoms with Crippen LogP contribution in [0, 0.1) is 0 Å². The van der Waals surface area contributed by atoms with Crippen LogP contribution in [-0.4, -0.2) is 43.6 Å². The fourth-order valence-corrected chi connectivity index (χ4v) is 3.71. The number of primary amides is 1. The maximum absolute atomic E-state index is 13.1.